The quantitative estimate of drug-likeness (QED) is 0.181. The normalized spacial score (nSPS) is 11.5. The number of rotatable bonds is 4. The van der Waals surface area contributed by atoms with E-state index in [4.69, 9.17) is 0 Å². The molecule has 0 saturated heterocycles. The van der Waals surface area contributed by atoms with Crippen LogP contribution in [0.25, 0.3) is 87.6 Å². The number of benzene rings is 9. The van der Waals surface area contributed by atoms with Crippen LogP contribution in [0.4, 0.5) is 0 Å². The van der Waals surface area contributed by atoms with E-state index in [1.54, 1.807) is 0 Å². The van der Waals surface area contributed by atoms with Gasteiger partial charge in [0.25, 0.3) is 0 Å². The van der Waals surface area contributed by atoms with E-state index < -0.39 is 0 Å². The second-order valence-electron chi connectivity index (χ2n) is 12.1. The van der Waals surface area contributed by atoms with E-state index in [-0.39, 0.29) is 0 Å². The lowest BCUT2D eigenvalue weighted by molar-refractivity contribution is 1.62. The molecule has 0 radical (unpaired) electrons. The van der Waals surface area contributed by atoms with E-state index in [9.17, 15) is 0 Å². The Bertz CT molecular complexity index is 2490. The highest BCUT2D eigenvalue weighted by Crippen LogP contribution is 2.45. The Labute approximate surface area is 268 Å². The van der Waals surface area contributed by atoms with Gasteiger partial charge >= 0.3 is 0 Å². The molecule has 0 aromatic heterocycles. The van der Waals surface area contributed by atoms with Crippen molar-refractivity contribution < 1.29 is 0 Å². The fourth-order valence-corrected chi connectivity index (χ4v) is 7.24. The van der Waals surface area contributed by atoms with E-state index in [0.717, 1.165) is 0 Å². The lowest BCUT2D eigenvalue weighted by Crippen LogP contribution is -1.91. The van der Waals surface area contributed by atoms with E-state index >= 15 is 0 Å². The molecule has 0 N–H and O–H groups in total. The molecule has 9 aromatic rings. The van der Waals surface area contributed by atoms with Gasteiger partial charge in [-0.05, 0) is 99.7 Å². The first-order valence-electron chi connectivity index (χ1n) is 15.9. The second-order valence-corrected chi connectivity index (χ2v) is 12.1. The molecular weight excluding hydrogens is 553 g/mol. The first kappa shape index (κ1) is 26.4. The smallest absolute Gasteiger partial charge is 0.00201 e. The minimum absolute atomic E-state index is 1.22. The van der Waals surface area contributed by atoms with Gasteiger partial charge in [-0.2, -0.15) is 0 Å². The first-order chi connectivity index (χ1) is 22.8. The summed E-state index contributed by atoms with van der Waals surface area (Å²) in [4.78, 5) is 0. The van der Waals surface area contributed by atoms with Gasteiger partial charge in [0.1, 0.15) is 0 Å². The topological polar surface area (TPSA) is 0 Å². The molecule has 46 heavy (non-hydrogen) atoms. The van der Waals surface area contributed by atoms with Gasteiger partial charge in [-0.15, -0.1) is 0 Å². The van der Waals surface area contributed by atoms with Crippen molar-refractivity contribution in [3.8, 4) is 44.5 Å². The van der Waals surface area contributed by atoms with Crippen LogP contribution < -0.4 is 0 Å². The first-order valence-corrected chi connectivity index (χ1v) is 15.9. The number of hydrogen-bond donors (Lipinski definition) is 0. The average molecular weight is 583 g/mol. The zero-order valence-electron chi connectivity index (χ0n) is 25.3. The summed E-state index contributed by atoms with van der Waals surface area (Å²) in [5.41, 5.74) is 10.0. The van der Waals surface area contributed by atoms with E-state index in [0.29, 0.717) is 0 Å². The summed E-state index contributed by atoms with van der Waals surface area (Å²) in [7, 11) is 0. The molecule has 0 nitrogen and oxygen atoms in total. The Morgan fingerprint density at radius 1 is 0.217 bits per heavy atom. The molecule has 0 spiro atoms. The maximum atomic E-state index is 2.31. The molecule has 0 aliphatic carbocycles. The summed E-state index contributed by atoms with van der Waals surface area (Å²) >= 11 is 0. The molecule has 0 unspecified atom stereocenters. The molecule has 9 rings (SSSR count). The summed E-state index contributed by atoms with van der Waals surface area (Å²) in [5.74, 6) is 0. The van der Waals surface area contributed by atoms with Gasteiger partial charge in [0.05, 0.1) is 0 Å². The second kappa shape index (κ2) is 10.9. The maximum absolute atomic E-state index is 2.31. The SMILES string of the molecule is c1ccc(-c2ccc3cc(-c4ccc(-c5c6ccccc6c(-c6cccc7ccccc67)c6ccccc56)cc4)ccc3c2)cc1. The van der Waals surface area contributed by atoms with Gasteiger partial charge in [-0.3, -0.25) is 0 Å². The van der Waals surface area contributed by atoms with Crippen molar-refractivity contribution in [3.63, 3.8) is 0 Å². The monoisotopic (exact) mass is 582 g/mol. The molecule has 0 bridgehead atoms. The Balaban J connectivity index is 1.17. The van der Waals surface area contributed by atoms with Crippen molar-refractivity contribution in [3.05, 3.63) is 182 Å². The third-order valence-electron chi connectivity index (χ3n) is 9.44. The largest absolute Gasteiger partial charge is 0.0622 e. The van der Waals surface area contributed by atoms with Crippen molar-refractivity contribution in [2.24, 2.45) is 0 Å². The summed E-state index contributed by atoms with van der Waals surface area (Å²) < 4.78 is 0. The summed E-state index contributed by atoms with van der Waals surface area (Å²) in [5, 5.41) is 10.2. The molecule has 214 valence electrons. The highest BCUT2D eigenvalue weighted by molar-refractivity contribution is 6.23. The predicted octanol–water partition coefficient (Wildman–Crippen LogP) is 13.0. The van der Waals surface area contributed by atoms with Crippen molar-refractivity contribution in [2.45, 2.75) is 0 Å². The number of fused-ring (bicyclic) bond motifs is 4. The predicted molar refractivity (Wildman–Crippen MR) is 198 cm³/mol. The molecule has 0 heteroatoms. The van der Waals surface area contributed by atoms with Crippen LogP contribution in [0.1, 0.15) is 0 Å². The van der Waals surface area contributed by atoms with Crippen LogP contribution in [0.15, 0.2) is 182 Å². The van der Waals surface area contributed by atoms with Crippen LogP contribution in [0.3, 0.4) is 0 Å². The lowest BCUT2D eigenvalue weighted by Gasteiger charge is -2.19. The van der Waals surface area contributed by atoms with Gasteiger partial charge in [-0.1, -0.05) is 170 Å². The van der Waals surface area contributed by atoms with Crippen LogP contribution in [0, 0.1) is 0 Å². The third-order valence-corrected chi connectivity index (χ3v) is 9.44. The Morgan fingerprint density at radius 3 is 1.26 bits per heavy atom. The van der Waals surface area contributed by atoms with Crippen LogP contribution >= 0.6 is 0 Å². The van der Waals surface area contributed by atoms with Gasteiger partial charge in [0, 0.05) is 0 Å². The molecule has 0 heterocycles. The molecule has 9 aromatic carbocycles. The molecule has 0 aliphatic heterocycles. The van der Waals surface area contributed by atoms with Gasteiger partial charge < -0.3 is 0 Å². The van der Waals surface area contributed by atoms with Crippen LogP contribution in [0.5, 0.6) is 0 Å². The molecule has 0 saturated carbocycles. The van der Waals surface area contributed by atoms with Gasteiger partial charge in [-0.25, -0.2) is 0 Å². The van der Waals surface area contributed by atoms with Crippen LogP contribution in [0.2, 0.25) is 0 Å². The standard InChI is InChI=1S/C46H30/c1-2-11-31(12-3-1)35-25-27-38-30-36(26-28-37(38)29-35)32-21-23-34(24-22-32)45-41-16-6-8-18-43(41)46(44-19-9-7-17-42(44)45)40-20-10-14-33-13-4-5-15-39(33)40/h1-30H. The van der Waals surface area contributed by atoms with E-state index in [1.165, 1.54) is 87.6 Å². The molecule has 0 atom stereocenters. The average Bonchev–Trinajstić information content (AvgIpc) is 3.13. The fourth-order valence-electron chi connectivity index (χ4n) is 7.24. The highest BCUT2D eigenvalue weighted by atomic mass is 14.2. The van der Waals surface area contributed by atoms with E-state index in [2.05, 4.69) is 182 Å². The lowest BCUT2D eigenvalue weighted by atomic mass is 9.84. The summed E-state index contributed by atoms with van der Waals surface area (Å²) in [6.07, 6.45) is 0. The zero-order valence-corrected chi connectivity index (χ0v) is 25.3. The van der Waals surface area contributed by atoms with Gasteiger partial charge in [0.15, 0.2) is 0 Å². The third kappa shape index (κ3) is 4.38. The van der Waals surface area contributed by atoms with E-state index in [1.807, 2.05) is 0 Å². The molecule has 0 fully saturated rings. The fraction of sp³-hybridized carbons (Fsp3) is 0. The van der Waals surface area contributed by atoms with Crippen LogP contribution in [-0.4, -0.2) is 0 Å². The van der Waals surface area contributed by atoms with Crippen molar-refractivity contribution in [2.75, 3.05) is 0 Å². The Kier molecular flexibility index (Phi) is 6.25. The number of hydrogen-bond acceptors (Lipinski definition) is 0. The maximum Gasteiger partial charge on any atom is -0.00201 e. The summed E-state index contributed by atoms with van der Waals surface area (Å²) in [6, 6.07) is 66.5. The molecule has 0 amide bonds. The molecule has 0 aliphatic rings. The minimum Gasteiger partial charge on any atom is -0.0622 e. The van der Waals surface area contributed by atoms with Crippen molar-refractivity contribution in [1.82, 2.24) is 0 Å². The minimum atomic E-state index is 1.22. The van der Waals surface area contributed by atoms with Crippen molar-refractivity contribution >= 4 is 43.1 Å². The van der Waals surface area contributed by atoms with Crippen molar-refractivity contribution in [1.29, 1.82) is 0 Å². The Morgan fingerprint density at radius 2 is 0.652 bits per heavy atom. The zero-order chi connectivity index (χ0) is 30.5. The van der Waals surface area contributed by atoms with Crippen LogP contribution in [-0.2, 0) is 0 Å². The highest BCUT2D eigenvalue weighted by Gasteiger charge is 2.17. The summed E-state index contributed by atoms with van der Waals surface area (Å²) in [6.45, 7) is 0. The Hall–Kier alpha value is -5.98. The van der Waals surface area contributed by atoms with Gasteiger partial charge in [0.2, 0.25) is 0 Å². The molecular formula is C46H30.